The van der Waals surface area contributed by atoms with Gasteiger partial charge in [-0.3, -0.25) is 4.98 Å². The first-order valence-electron chi connectivity index (χ1n) is 2.91. The Labute approximate surface area is 74.7 Å². The summed E-state index contributed by atoms with van der Waals surface area (Å²) in [6.07, 6.45) is -1.90. The van der Waals surface area contributed by atoms with Crippen LogP contribution in [0.4, 0.5) is 18.9 Å². The number of hydrogen-bond donors (Lipinski definition) is 1. The number of alkyl halides is 2. The average Bonchev–Trinajstić information content (AvgIpc) is 2.00. The maximum Gasteiger partial charge on any atom is 0.282 e. The Morgan fingerprint density at radius 3 is 2.58 bits per heavy atom. The predicted octanol–water partition coefficient (Wildman–Crippen LogP) is 2.50. The first-order chi connectivity index (χ1) is 5.54. The Bertz CT molecular complexity index is 303. The molecule has 0 atom stereocenters. The normalized spacial score (nSPS) is 10.8. The molecule has 0 unspecified atom stereocenters. The van der Waals surface area contributed by atoms with Crippen LogP contribution in [0.15, 0.2) is 10.7 Å². The van der Waals surface area contributed by atoms with Gasteiger partial charge in [0, 0.05) is 6.20 Å². The smallest absolute Gasteiger partial charge is 0.282 e. The van der Waals surface area contributed by atoms with E-state index in [1.807, 2.05) is 0 Å². The molecule has 1 rings (SSSR count). The van der Waals surface area contributed by atoms with E-state index in [1.165, 1.54) is 0 Å². The first-order valence-corrected chi connectivity index (χ1v) is 3.71. The van der Waals surface area contributed by atoms with E-state index in [4.69, 9.17) is 5.73 Å². The fraction of sp³-hybridized carbons (Fsp3) is 0.167. The highest BCUT2D eigenvalue weighted by molar-refractivity contribution is 9.10. The first kappa shape index (κ1) is 9.31. The van der Waals surface area contributed by atoms with Crippen molar-refractivity contribution in [2.45, 2.75) is 6.43 Å². The van der Waals surface area contributed by atoms with Gasteiger partial charge in [0.2, 0.25) is 0 Å². The highest BCUT2D eigenvalue weighted by Gasteiger charge is 2.17. The van der Waals surface area contributed by atoms with Crippen molar-refractivity contribution < 1.29 is 13.2 Å². The van der Waals surface area contributed by atoms with Crippen molar-refractivity contribution in [3.63, 3.8) is 0 Å². The number of anilines is 1. The van der Waals surface area contributed by atoms with Crippen molar-refractivity contribution in [1.82, 2.24) is 4.98 Å². The minimum Gasteiger partial charge on any atom is -0.395 e. The lowest BCUT2D eigenvalue weighted by Crippen LogP contribution is -2.02. The maximum absolute atomic E-state index is 12.8. The van der Waals surface area contributed by atoms with E-state index in [2.05, 4.69) is 20.9 Å². The average molecular weight is 241 g/mol. The summed E-state index contributed by atoms with van der Waals surface area (Å²) in [6, 6.07) is 0. The molecule has 0 bridgehead atoms. The van der Waals surface area contributed by atoms with Crippen LogP contribution in [0.25, 0.3) is 0 Å². The molecule has 0 fully saturated rings. The molecule has 0 amide bonds. The summed E-state index contributed by atoms with van der Waals surface area (Å²) in [4.78, 5) is 3.28. The van der Waals surface area contributed by atoms with E-state index in [0.717, 1.165) is 6.20 Å². The van der Waals surface area contributed by atoms with Gasteiger partial charge in [0.1, 0.15) is 5.69 Å². The Hall–Kier alpha value is -0.780. The topological polar surface area (TPSA) is 38.9 Å². The molecule has 0 radical (unpaired) electrons. The summed E-state index contributed by atoms with van der Waals surface area (Å²) in [6.45, 7) is 0. The van der Waals surface area contributed by atoms with E-state index in [9.17, 15) is 13.2 Å². The van der Waals surface area contributed by atoms with Gasteiger partial charge >= 0.3 is 0 Å². The Morgan fingerprint density at radius 1 is 1.50 bits per heavy atom. The Morgan fingerprint density at radius 2 is 2.08 bits per heavy atom. The van der Waals surface area contributed by atoms with E-state index < -0.39 is 23.6 Å². The van der Waals surface area contributed by atoms with Crippen molar-refractivity contribution in [3.8, 4) is 0 Å². The summed E-state index contributed by atoms with van der Waals surface area (Å²) < 4.78 is 36.8. The zero-order valence-electron chi connectivity index (χ0n) is 5.69. The van der Waals surface area contributed by atoms with E-state index in [0.29, 0.717) is 0 Å². The summed E-state index contributed by atoms with van der Waals surface area (Å²) >= 11 is 2.77. The number of rotatable bonds is 1. The van der Waals surface area contributed by atoms with Crippen molar-refractivity contribution in [2.75, 3.05) is 5.73 Å². The molecule has 2 nitrogen and oxygen atoms in total. The third kappa shape index (κ3) is 1.52. The van der Waals surface area contributed by atoms with Crippen LogP contribution in [0, 0.1) is 5.82 Å². The molecule has 6 heteroatoms. The molecule has 12 heavy (non-hydrogen) atoms. The Balaban J connectivity index is 3.27. The van der Waals surface area contributed by atoms with Crippen molar-refractivity contribution in [3.05, 3.63) is 22.2 Å². The number of hydrogen-bond acceptors (Lipinski definition) is 2. The van der Waals surface area contributed by atoms with Gasteiger partial charge in [-0.05, 0) is 15.9 Å². The lowest BCUT2D eigenvalue weighted by molar-refractivity contribution is 0.146. The maximum atomic E-state index is 12.8. The van der Waals surface area contributed by atoms with Crippen molar-refractivity contribution in [2.24, 2.45) is 0 Å². The molecule has 66 valence electrons. The van der Waals surface area contributed by atoms with E-state index in [1.54, 1.807) is 0 Å². The molecule has 0 aliphatic rings. The highest BCUT2D eigenvalue weighted by Crippen LogP contribution is 2.28. The molecule has 1 heterocycles. The van der Waals surface area contributed by atoms with Crippen LogP contribution >= 0.6 is 15.9 Å². The van der Waals surface area contributed by atoms with Crippen LogP contribution in [0.3, 0.4) is 0 Å². The number of nitrogens with zero attached hydrogens (tertiary/aromatic N) is 1. The van der Waals surface area contributed by atoms with E-state index in [-0.39, 0.29) is 4.47 Å². The van der Waals surface area contributed by atoms with Crippen LogP contribution in [0.2, 0.25) is 0 Å². The van der Waals surface area contributed by atoms with Crippen molar-refractivity contribution >= 4 is 21.6 Å². The molecule has 1 aromatic heterocycles. The molecule has 0 spiro atoms. The monoisotopic (exact) mass is 240 g/mol. The largest absolute Gasteiger partial charge is 0.395 e. The van der Waals surface area contributed by atoms with E-state index >= 15 is 0 Å². The standard InChI is InChI=1S/C6H4BrF3N2/c7-2-1-12-5(6(9)10)4(11)3(2)8/h1,6H,11H2. The molecule has 0 saturated carbocycles. The summed E-state index contributed by atoms with van der Waals surface area (Å²) in [5.41, 5.74) is 3.70. The van der Waals surface area contributed by atoms with Gasteiger partial charge in [-0.15, -0.1) is 0 Å². The third-order valence-corrected chi connectivity index (χ3v) is 1.80. The zero-order chi connectivity index (χ0) is 9.30. The minimum atomic E-state index is -2.85. The fourth-order valence-electron chi connectivity index (χ4n) is 0.667. The summed E-state index contributed by atoms with van der Waals surface area (Å²) in [5.74, 6) is -0.902. The van der Waals surface area contributed by atoms with Gasteiger partial charge in [0.25, 0.3) is 6.43 Å². The number of aromatic nitrogens is 1. The second-order valence-corrected chi connectivity index (χ2v) is 2.87. The third-order valence-electron chi connectivity index (χ3n) is 1.25. The molecule has 2 N–H and O–H groups in total. The zero-order valence-corrected chi connectivity index (χ0v) is 7.28. The van der Waals surface area contributed by atoms with Gasteiger partial charge in [-0.25, -0.2) is 13.2 Å². The van der Waals surface area contributed by atoms with Gasteiger partial charge < -0.3 is 5.73 Å². The van der Waals surface area contributed by atoms with Gasteiger partial charge in [0.05, 0.1) is 10.2 Å². The number of nitrogen functional groups attached to an aromatic ring is 1. The fourth-order valence-corrected chi connectivity index (χ4v) is 0.983. The molecule has 0 saturated heterocycles. The second kappa shape index (κ2) is 3.30. The lowest BCUT2D eigenvalue weighted by Gasteiger charge is -2.04. The minimum absolute atomic E-state index is 0.0237. The van der Waals surface area contributed by atoms with Gasteiger partial charge in [-0.2, -0.15) is 0 Å². The van der Waals surface area contributed by atoms with Crippen LogP contribution in [-0.2, 0) is 0 Å². The number of nitrogens with two attached hydrogens (primary N) is 1. The molecular formula is C6H4BrF3N2. The summed E-state index contributed by atoms with van der Waals surface area (Å²) in [5, 5.41) is 0. The molecule has 0 aromatic carbocycles. The second-order valence-electron chi connectivity index (χ2n) is 2.02. The van der Waals surface area contributed by atoms with Crippen LogP contribution in [0.1, 0.15) is 12.1 Å². The molecule has 1 aromatic rings. The number of halogens is 4. The quantitative estimate of drug-likeness (QED) is 0.820. The Kier molecular flexibility index (Phi) is 2.56. The van der Waals surface area contributed by atoms with Gasteiger partial charge in [0.15, 0.2) is 5.82 Å². The van der Waals surface area contributed by atoms with Crippen molar-refractivity contribution in [1.29, 1.82) is 0 Å². The van der Waals surface area contributed by atoms with Gasteiger partial charge in [-0.1, -0.05) is 0 Å². The van der Waals surface area contributed by atoms with Crippen LogP contribution in [0.5, 0.6) is 0 Å². The number of pyridine rings is 1. The van der Waals surface area contributed by atoms with Crippen LogP contribution in [-0.4, -0.2) is 4.98 Å². The molecule has 0 aliphatic heterocycles. The highest BCUT2D eigenvalue weighted by atomic mass is 79.9. The lowest BCUT2D eigenvalue weighted by atomic mass is 10.3. The molecular weight excluding hydrogens is 237 g/mol. The summed E-state index contributed by atoms with van der Waals surface area (Å²) in [7, 11) is 0. The van der Waals surface area contributed by atoms with Crippen LogP contribution < -0.4 is 5.73 Å². The SMILES string of the molecule is Nc1c(C(F)F)ncc(Br)c1F. The predicted molar refractivity (Wildman–Crippen MR) is 41.3 cm³/mol. The molecule has 0 aliphatic carbocycles.